The van der Waals surface area contributed by atoms with E-state index < -0.39 is 17.9 Å². The summed E-state index contributed by atoms with van der Waals surface area (Å²) in [5, 5.41) is 11.6. The van der Waals surface area contributed by atoms with Gasteiger partial charge in [-0.15, -0.1) is 0 Å². The average Bonchev–Trinajstić information content (AvgIpc) is 2.23. The van der Waals surface area contributed by atoms with E-state index in [-0.39, 0.29) is 5.75 Å². The van der Waals surface area contributed by atoms with E-state index in [0.717, 1.165) is 0 Å². The lowest BCUT2D eigenvalue weighted by molar-refractivity contribution is -0.144. The number of nitrogens with one attached hydrogen (secondary N) is 1. The smallest absolute Gasteiger partial charge is 0.344 e. The van der Waals surface area contributed by atoms with Gasteiger partial charge in [0.1, 0.15) is 0 Å². The number of carbonyl (C=O) groups is 1. The van der Waals surface area contributed by atoms with Crippen molar-refractivity contribution in [1.29, 1.82) is 0 Å². The number of ether oxygens (including phenoxy) is 1. The summed E-state index contributed by atoms with van der Waals surface area (Å²) in [4.78, 5) is 10.6. The van der Waals surface area contributed by atoms with Gasteiger partial charge in [0.15, 0.2) is 17.7 Å². The van der Waals surface area contributed by atoms with Crippen molar-refractivity contribution >= 4 is 5.97 Å². The zero-order valence-corrected chi connectivity index (χ0v) is 9.16. The van der Waals surface area contributed by atoms with E-state index >= 15 is 0 Å². The van der Waals surface area contributed by atoms with Crippen molar-refractivity contribution in [2.75, 3.05) is 7.05 Å². The Kier molecular flexibility index (Phi) is 4.25. The summed E-state index contributed by atoms with van der Waals surface area (Å²) in [7, 11) is 1.72. The fraction of sp³-hybridized carbons (Fsp3) is 0.364. The number of aliphatic carboxylic acids is 1. The molecule has 0 heterocycles. The third-order valence-electron chi connectivity index (χ3n) is 2.06. The van der Waals surface area contributed by atoms with Gasteiger partial charge in [0, 0.05) is 12.1 Å². The lowest BCUT2D eigenvalue weighted by Gasteiger charge is -2.14. The van der Waals surface area contributed by atoms with E-state index in [1.54, 1.807) is 19.2 Å². The molecule has 0 fully saturated rings. The molecule has 1 aromatic rings. The van der Waals surface area contributed by atoms with Crippen LogP contribution < -0.4 is 10.1 Å². The standard InChI is InChI=1S/C11H14FNO3/c1-7(11(14)15)16-10-8(6-13-2)4-3-5-9(10)12/h3-5,7,13H,6H2,1-2H3,(H,14,15). The van der Waals surface area contributed by atoms with Crippen molar-refractivity contribution in [3.8, 4) is 5.75 Å². The van der Waals surface area contributed by atoms with Crippen LogP contribution in [0.15, 0.2) is 18.2 Å². The minimum Gasteiger partial charge on any atom is -0.479 e. The number of rotatable bonds is 5. The van der Waals surface area contributed by atoms with Crippen molar-refractivity contribution in [2.24, 2.45) is 0 Å². The molecule has 88 valence electrons. The van der Waals surface area contributed by atoms with Crippen LogP contribution >= 0.6 is 0 Å². The maximum Gasteiger partial charge on any atom is 0.344 e. The first-order chi connectivity index (χ1) is 7.56. The summed E-state index contributed by atoms with van der Waals surface area (Å²) in [5.41, 5.74) is 0.593. The number of carboxylic acids is 1. The van der Waals surface area contributed by atoms with E-state index in [9.17, 15) is 9.18 Å². The highest BCUT2D eigenvalue weighted by molar-refractivity contribution is 5.72. The van der Waals surface area contributed by atoms with Crippen molar-refractivity contribution in [2.45, 2.75) is 19.6 Å². The summed E-state index contributed by atoms with van der Waals surface area (Å²) in [5.74, 6) is -1.69. The van der Waals surface area contributed by atoms with Crippen LogP contribution in [0.1, 0.15) is 12.5 Å². The zero-order valence-electron chi connectivity index (χ0n) is 9.16. The van der Waals surface area contributed by atoms with Crippen LogP contribution in [0.25, 0.3) is 0 Å². The minimum atomic E-state index is -1.13. The molecular weight excluding hydrogens is 213 g/mol. The van der Waals surface area contributed by atoms with Gasteiger partial charge in [-0.25, -0.2) is 9.18 Å². The van der Waals surface area contributed by atoms with E-state index in [4.69, 9.17) is 9.84 Å². The quantitative estimate of drug-likeness (QED) is 0.798. The van der Waals surface area contributed by atoms with Gasteiger partial charge >= 0.3 is 5.97 Å². The SMILES string of the molecule is CNCc1cccc(F)c1OC(C)C(=O)O. The summed E-state index contributed by atoms with van der Waals surface area (Å²) in [6.45, 7) is 1.78. The Labute approximate surface area is 93.0 Å². The molecule has 0 bridgehead atoms. The Morgan fingerprint density at radius 3 is 2.88 bits per heavy atom. The normalized spacial score (nSPS) is 12.2. The van der Waals surface area contributed by atoms with E-state index in [1.165, 1.54) is 13.0 Å². The number of hydrogen-bond acceptors (Lipinski definition) is 3. The first-order valence-electron chi connectivity index (χ1n) is 4.87. The monoisotopic (exact) mass is 227 g/mol. The van der Waals surface area contributed by atoms with Gasteiger partial charge in [-0.05, 0) is 20.0 Å². The van der Waals surface area contributed by atoms with E-state index in [1.807, 2.05) is 0 Å². The van der Waals surface area contributed by atoms with Gasteiger partial charge in [0.05, 0.1) is 0 Å². The van der Waals surface area contributed by atoms with Crippen molar-refractivity contribution < 1.29 is 19.0 Å². The van der Waals surface area contributed by atoms with Crippen molar-refractivity contribution in [1.82, 2.24) is 5.32 Å². The van der Waals surface area contributed by atoms with Gasteiger partial charge in [-0.3, -0.25) is 0 Å². The van der Waals surface area contributed by atoms with Crippen LogP contribution in [0.4, 0.5) is 4.39 Å². The molecule has 0 aliphatic carbocycles. The molecule has 16 heavy (non-hydrogen) atoms. The Hall–Kier alpha value is -1.62. The number of hydrogen-bond donors (Lipinski definition) is 2. The van der Waals surface area contributed by atoms with Crippen LogP contribution in [0.2, 0.25) is 0 Å². The summed E-state index contributed by atoms with van der Waals surface area (Å²) in [6, 6.07) is 4.48. The Bertz CT molecular complexity index is 381. The second-order valence-electron chi connectivity index (χ2n) is 3.36. The summed E-state index contributed by atoms with van der Waals surface area (Å²) >= 11 is 0. The second-order valence-corrected chi connectivity index (χ2v) is 3.36. The molecule has 0 saturated carbocycles. The molecule has 0 saturated heterocycles. The predicted molar refractivity (Wildman–Crippen MR) is 56.9 cm³/mol. The third kappa shape index (κ3) is 2.93. The van der Waals surface area contributed by atoms with Gasteiger partial charge in [-0.2, -0.15) is 0 Å². The number of halogens is 1. The topological polar surface area (TPSA) is 58.6 Å². The molecule has 0 aromatic heterocycles. The third-order valence-corrected chi connectivity index (χ3v) is 2.06. The molecule has 4 nitrogen and oxygen atoms in total. The molecule has 0 amide bonds. The number of para-hydroxylation sites is 1. The first-order valence-corrected chi connectivity index (χ1v) is 4.87. The molecule has 0 aliphatic rings. The number of carboxylic acid groups (broad SMARTS) is 1. The molecule has 0 radical (unpaired) electrons. The average molecular weight is 227 g/mol. The molecule has 0 aliphatic heterocycles. The first kappa shape index (κ1) is 12.4. The van der Waals surface area contributed by atoms with E-state index in [2.05, 4.69) is 5.32 Å². The van der Waals surface area contributed by atoms with E-state index in [0.29, 0.717) is 12.1 Å². The lowest BCUT2D eigenvalue weighted by Crippen LogP contribution is -2.24. The highest BCUT2D eigenvalue weighted by Gasteiger charge is 2.17. The molecule has 1 unspecified atom stereocenters. The fourth-order valence-corrected chi connectivity index (χ4v) is 1.24. The van der Waals surface area contributed by atoms with Crippen LogP contribution in [0, 0.1) is 5.82 Å². The second kappa shape index (κ2) is 5.46. The maximum atomic E-state index is 13.5. The van der Waals surface area contributed by atoms with Crippen molar-refractivity contribution in [3.05, 3.63) is 29.6 Å². The zero-order chi connectivity index (χ0) is 12.1. The van der Waals surface area contributed by atoms with Crippen LogP contribution in [0.3, 0.4) is 0 Å². The highest BCUT2D eigenvalue weighted by Crippen LogP contribution is 2.23. The Morgan fingerprint density at radius 2 is 2.31 bits per heavy atom. The summed E-state index contributed by atoms with van der Waals surface area (Å²) in [6.07, 6.45) is -1.08. The Balaban J connectivity index is 2.96. The Morgan fingerprint density at radius 1 is 1.62 bits per heavy atom. The molecule has 1 aromatic carbocycles. The molecule has 5 heteroatoms. The van der Waals surface area contributed by atoms with Gasteiger partial charge in [-0.1, -0.05) is 12.1 Å². The fourth-order valence-electron chi connectivity index (χ4n) is 1.24. The predicted octanol–water partition coefficient (Wildman–Crippen LogP) is 1.40. The van der Waals surface area contributed by atoms with Crippen LogP contribution in [-0.4, -0.2) is 24.2 Å². The highest BCUT2D eigenvalue weighted by atomic mass is 19.1. The summed E-state index contributed by atoms with van der Waals surface area (Å²) < 4.78 is 18.5. The van der Waals surface area contributed by atoms with Gasteiger partial charge < -0.3 is 15.2 Å². The largest absolute Gasteiger partial charge is 0.479 e. The van der Waals surface area contributed by atoms with Crippen LogP contribution in [-0.2, 0) is 11.3 Å². The van der Waals surface area contributed by atoms with Gasteiger partial charge in [0.2, 0.25) is 0 Å². The maximum absolute atomic E-state index is 13.5. The molecular formula is C11H14FNO3. The lowest BCUT2D eigenvalue weighted by atomic mass is 10.2. The van der Waals surface area contributed by atoms with Crippen molar-refractivity contribution in [3.63, 3.8) is 0 Å². The minimum absolute atomic E-state index is 0.00764. The molecule has 1 rings (SSSR count). The molecule has 0 spiro atoms. The molecule has 2 N–H and O–H groups in total. The van der Waals surface area contributed by atoms with Gasteiger partial charge in [0.25, 0.3) is 0 Å². The number of benzene rings is 1. The molecule has 1 atom stereocenters. The van der Waals surface area contributed by atoms with Crippen LogP contribution in [0.5, 0.6) is 5.75 Å².